The lowest BCUT2D eigenvalue weighted by atomic mass is 9.98. The third kappa shape index (κ3) is 5.06. The van der Waals surface area contributed by atoms with Crippen LogP contribution in [0.25, 0.3) is 66.0 Å². The molecule has 0 saturated heterocycles. The summed E-state index contributed by atoms with van der Waals surface area (Å²) in [7, 11) is 0. The van der Waals surface area contributed by atoms with E-state index < -0.39 is 0 Å². The summed E-state index contributed by atoms with van der Waals surface area (Å²) < 4.78 is 6.64. The summed E-state index contributed by atoms with van der Waals surface area (Å²) in [5.74, 6) is 1.43. The normalized spacial score (nSPS) is 14.5. The molecule has 5 nitrogen and oxygen atoms in total. The second-order valence-electron chi connectivity index (χ2n) is 12.8. The number of hydrogen-bond acceptors (Lipinski definition) is 5. The zero-order valence-electron chi connectivity index (χ0n) is 27.5. The van der Waals surface area contributed by atoms with Crippen LogP contribution in [0.5, 0.6) is 0 Å². The standard InChI is InChI=1S/C46H30N4O/c1-3-12-29(13-4-1)30-22-24-33(25-23-30)45-48-44(32-15-5-2-6-16-32)49-46(50-45)35-18-11-17-34(28-35)42-43-41(37-20-9-10-21-39(37)51-43)40-36-19-8-7-14-31(36)26-27-38(40)47-42/h1-28,45H,(H,48,49,50). The van der Waals surface area contributed by atoms with Gasteiger partial charge in [-0.3, -0.25) is 0 Å². The predicted octanol–water partition coefficient (Wildman–Crippen LogP) is 11.1. The topological polar surface area (TPSA) is 62.8 Å². The molecular weight excluding hydrogens is 625 g/mol. The highest BCUT2D eigenvalue weighted by Crippen LogP contribution is 2.42. The maximum atomic E-state index is 6.64. The monoisotopic (exact) mass is 654 g/mol. The Kier molecular flexibility index (Phi) is 6.81. The molecule has 0 radical (unpaired) electrons. The summed E-state index contributed by atoms with van der Waals surface area (Å²) in [5.41, 5.74) is 9.60. The Morgan fingerprint density at radius 3 is 2.00 bits per heavy atom. The van der Waals surface area contributed by atoms with Crippen LogP contribution in [0.3, 0.4) is 0 Å². The van der Waals surface area contributed by atoms with Gasteiger partial charge in [-0.1, -0.05) is 152 Å². The van der Waals surface area contributed by atoms with Crippen LogP contribution in [0.2, 0.25) is 0 Å². The third-order valence-electron chi connectivity index (χ3n) is 9.72. The summed E-state index contributed by atoms with van der Waals surface area (Å²) in [6.07, 6.45) is -0.324. The molecule has 0 aliphatic carbocycles. The van der Waals surface area contributed by atoms with E-state index in [-0.39, 0.29) is 6.17 Å². The zero-order chi connectivity index (χ0) is 33.7. The van der Waals surface area contributed by atoms with Crippen molar-refractivity contribution < 1.29 is 4.42 Å². The van der Waals surface area contributed by atoms with Gasteiger partial charge in [-0.25, -0.2) is 15.0 Å². The number of rotatable bonds is 5. The van der Waals surface area contributed by atoms with Gasteiger partial charge in [0, 0.05) is 32.8 Å². The van der Waals surface area contributed by atoms with Gasteiger partial charge in [0.1, 0.15) is 23.3 Å². The molecule has 3 heterocycles. The van der Waals surface area contributed by atoms with E-state index in [1.165, 1.54) is 10.9 Å². The first kappa shape index (κ1) is 29.1. The lowest BCUT2D eigenvalue weighted by molar-refractivity contribution is 0.668. The smallest absolute Gasteiger partial charge is 0.162 e. The summed E-state index contributed by atoms with van der Waals surface area (Å²) in [6, 6.07) is 58.6. The van der Waals surface area contributed by atoms with Crippen molar-refractivity contribution in [2.75, 3.05) is 0 Å². The van der Waals surface area contributed by atoms with Crippen molar-refractivity contribution in [2.45, 2.75) is 6.17 Å². The molecule has 0 fully saturated rings. The molecule has 1 N–H and O–H groups in total. The SMILES string of the molecule is c1ccc(C2=NC(c3ccc(-c4ccccc4)cc3)NC(c3cccc(-c4nc5ccc6ccccc6c5c5c4oc4ccccc45)c3)=N2)cc1. The Hall–Kier alpha value is -6.85. The highest BCUT2D eigenvalue weighted by Gasteiger charge is 2.23. The van der Waals surface area contributed by atoms with Gasteiger partial charge in [-0.15, -0.1) is 0 Å². The molecule has 0 bridgehead atoms. The molecule has 1 unspecified atom stereocenters. The van der Waals surface area contributed by atoms with Gasteiger partial charge in [-0.05, 0) is 45.7 Å². The van der Waals surface area contributed by atoms with E-state index in [0.29, 0.717) is 5.84 Å². The highest BCUT2D eigenvalue weighted by molar-refractivity contribution is 6.27. The Morgan fingerprint density at radius 1 is 0.510 bits per heavy atom. The van der Waals surface area contributed by atoms with Crippen LogP contribution in [0, 0.1) is 0 Å². The van der Waals surface area contributed by atoms with Crippen molar-refractivity contribution in [2.24, 2.45) is 9.98 Å². The average Bonchev–Trinajstić information content (AvgIpc) is 3.61. The summed E-state index contributed by atoms with van der Waals surface area (Å²) in [5, 5.41) is 9.26. The van der Waals surface area contributed by atoms with Gasteiger partial charge in [-0.2, -0.15) is 0 Å². The number of benzene rings is 7. The van der Waals surface area contributed by atoms with Gasteiger partial charge in [0.25, 0.3) is 0 Å². The van der Waals surface area contributed by atoms with Crippen molar-refractivity contribution in [3.8, 4) is 22.4 Å². The summed E-state index contributed by atoms with van der Waals surface area (Å²) in [6.45, 7) is 0. The predicted molar refractivity (Wildman–Crippen MR) is 209 cm³/mol. The molecule has 7 aromatic carbocycles. The molecular formula is C46H30N4O. The fraction of sp³-hybridized carbons (Fsp3) is 0.0217. The molecule has 0 saturated carbocycles. The first-order chi connectivity index (χ1) is 25.3. The fourth-order valence-corrected chi connectivity index (χ4v) is 7.23. The Labute approximate surface area is 294 Å². The Morgan fingerprint density at radius 2 is 1.18 bits per heavy atom. The first-order valence-corrected chi connectivity index (χ1v) is 17.1. The van der Waals surface area contributed by atoms with Gasteiger partial charge < -0.3 is 9.73 Å². The van der Waals surface area contributed by atoms with E-state index in [1.54, 1.807) is 0 Å². The maximum Gasteiger partial charge on any atom is 0.162 e. The number of nitrogens with one attached hydrogen (secondary N) is 1. The van der Waals surface area contributed by atoms with E-state index >= 15 is 0 Å². The third-order valence-corrected chi connectivity index (χ3v) is 9.72. The fourth-order valence-electron chi connectivity index (χ4n) is 7.23. The van der Waals surface area contributed by atoms with Gasteiger partial charge >= 0.3 is 0 Å². The van der Waals surface area contributed by atoms with Crippen molar-refractivity contribution in [1.82, 2.24) is 10.3 Å². The minimum absolute atomic E-state index is 0.324. The summed E-state index contributed by atoms with van der Waals surface area (Å²) in [4.78, 5) is 15.5. The number of fused-ring (bicyclic) bond motifs is 7. The lowest BCUT2D eigenvalue weighted by Crippen LogP contribution is -2.33. The number of nitrogens with zero attached hydrogens (tertiary/aromatic N) is 3. The molecule has 10 rings (SSSR count). The van der Waals surface area contributed by atoms with Crippen LogP contribution in [0.15, 0.2) is 184 Å². The van der Waals surface area contributed by atoms with E-state index in [4.69, 9.17) is 19.4 Å². The van der Waals surface area contributed by atoms with Crippen LogP contribution >= 0.6 is 0 Å². The molecule has 1 aliphatic heterocycles. The van der Waals surface area contributed by atoms with Crippen molar-refractivity contribution in [3.63, 3.8) is 0 Å². The number of para-hydroxylation sites is 1. The Balaban J connectivity index is 1.11. The molecule has 240 valence electrons. The number of amidine groups is 2. The molecule has 0 amide bonds. The van der Waals surface area contributed by atoms with Crippen LogP contribution in [-0.4, -0.2) is 16.7 Å². The molecule has 9 aromatic rings. The van der Waals surface area contributed by atoms with Gasteiger partial charge in [0.05, 0.1) is 5.52 Å². The van der Waals surface area contributed by atoms with Gasteiger partial charge in [0.2, 0.25) is 0 Å². The summed E-state index contributed by atoms with van der Waals surface area (Å²) >= 11 is 0. The lowest BCUT2D eigenvalue weighted by Gasteiger charge is -2.24. The second kappa shape index (κ2) is 11.9. The van der Waals surface area contributed by atoms with Gasteiger partial charge in [0.15, 0.2) is 11.4 Å². The quantitative estimate of drug-likeness (QED) is 0.188. The number of hydrogen-bond donors (Lipinski definition) is 1. The largest absolute Gasteiger partial charge is 0.454 e. The van der Waals surface area contributed by atoms with Crippen molar-refractivity contribution >= 4 is 55.3 Å². The van der Waals surface area contributed by atoms with Crippen molar-refractivity contribution in [1.29, 1.82) is 0 Å². The van der Waals surface area contributed by atoms with E-state index in [2.05, 4.69) is 139 Å². The maximum absolute atomic E-state index is 6.64. The number of pyridine rings is 1. The molecule has 2 aromatic heterocycles. The van der Waals surface area contributed by atoms with E-state index in [0.717, 1.165) is 77.6 Å². The van der Waals surface area contributed by atoms with Crippen LogP contribution < -0.4 is 5.32 Å². The number of aromatic nitrogens is 1. The zero-order valence-corrected chi connectivity index (χ0v) is 27.5. The molecule has 5 heteroatoms. The molecule has 1 aliphatic rings. The van der Waals surface area contributed by atoms with E-state index in [1.807, 2.05) is 36.4 Å². The molecule has 1 atom stereocenters. The van der Waals surface area contributed by atoms with Crippen molar-refractivity contribution in [3.05, 3.63) is 187 Å². The number of furan rings is 1. The molecule has 0 spiro atoms. The highest BCUT2D eigenvalue weighted by atomic mass is 16.3. The van der Waals surface area contributed by atoms with E-state index in [9.17, 15) is 0 Å². The first-order valence-electron chi connectivity index (χ1n) is 17.1. The minimum Gasteiger partial charge on any atom is -0.454 e. The minimum atomic E-state index is -0.324. The van der Waals surface area contributed by atoms with Crippen LogP contribution in [-0.2, 0) is 0 Å². The van der Waals surface area contributed by atoms with Crippen LogP contribution in [0.1, 0.15) is 22.9 Å². The molecule has 51 heavy (non-hydrogen) atoms. The number of aliphatic imine (C=N–C) groups is 2. The Bertz CT molecular complexity index is 2820. The van der Waals surface area contributed by atoms with Crippen LogP contribution in [0.4, 0.5) is 0 Å². The average molecular weight is 655 g/mol. The second-order valence-corrected chi connectivity index (χ2v) is 12.8.